The Morgan fingerprint density at radius 1 is 1.10 bits per heavy atom. The summed E-state index contributed by atoms with van der Waals surface area (Å²) in [6, 6.07) is 8.67. The number of rotatable bonds is 14. The molecular formula is C34H43F3N4O8SSi2. The first kappa shape index (κ1) is 41.2. The van der Waals surface area contributed by atoms with Crippen LogP contribution in [0.4, 0.5) is 23.7 Å². The number of sulfonamides is 1. The zero-order valence-corrected chi connectivity index (χ0v) is 32.9. The number of amidine groups is 1. The molecule has 1 fully saturated rings. The van der Waals surface area contributed by atoms with E-state index in [0.29, 0.717) is 17.7 Å². The van der Waals surface area contributed by atoms with Gasteiger partial charge in [-0.05, 0) is 93.2 Å². The number of alkyl halides is 3. The van der Waals surface area contributed by atoms with Gasteiger partial charge < -0.3 is 23.6 Å². The highest BCUT2D eigenvalue weighted by atomic mass is 32.2. The molecule has 1 saturated heterocycles. The molecule has 0 atom stereocenters. The summed E-state index contributed by atoms with van der Waals surface area (Å²) in [5.41, 5.74) is 1.36. The molecule has 2 aliphatic rings. The molecule has 1 spiro atoms. The average molecular weight is 781 g/mol. The Kier molecular flexibility index (Phi) is 13.2. The van der Waals surface area contributed by atoms with Crippen molar-refractivity contribution in [3.63, 3.8) is 0 Å². The molecule has 2 aromatic rings. The number of nitrogens with one attached hydrogen (secondary N) is 1. The Balaban J connectivity index is 1.38. The summed E-state index contributed by atoms with van der Waals surface area (Å²) >= 11 is 0. The van der Waals surface area contributed by atoms with Crippen molar-refractivity contribution in [3.05, 3.63) is 64.1 Å². The van der Waals surface area contributed by atoms with Crippen molar-refractivity contribution in [1.29, 1.82) is 0 Å². The van der Waals surface area contributed by atoms with Gasteiger partial charge >= 0.3 is 12.5 Å². The van der Waals surface area contributed by atoms with Gasteiger partial charge in [-0.15, -0.1) is 13.2 Å². The molecule has 52 heavy (non-hydrogen) atoms. The first-order valence-electron chi connectivity index (χ1n) is 16.4. The maximum Gasteiger partial charge on any atom is 0.573 e. The van der Waals surface area contributed by atoms with E-state index in [-0.39, 0.29) is 68.9 Å². The highest BCUT2D eigenvalue weighted by molar-refractivity contribution is 7.92. The number of piperidine rings is 1. The van der Waals surface area contributed by atoms with Crippen LogP contribution in [-0.2, 0) is 28.4 Å². The molecule has 2 aromatic carbocycles. The smallest absolute Gasteiger partial charge is 0.449 e. The molecular weight excluding hydrogens is 738 g/mol. The molecule has 2 amide bonds. The fourth-order valence-electron chi connectivity index (χ4n) is 5.87. The molecule has 0 bridgehead atoms. The number of carbonyl (C=O) groups is 2. The number of nitrogens with zero attached hydrogens (tertiary/aromatic N) is 3. The second-order valence-corrected chi connectivity index (χ2v) is 16.3. The van der Waals surface area contributed by atoms with Crippen LogP contribution in [0.2, 0.25) is 13.1 Å². The van der Waals surface area contributed by atoms with Crippen molar-refractivity contribution in [1.82, 2.24) is 9.62 Å². The largest absolute Gasteiger partial charge is 0.573 e. The summed E-state index contributed by atoms with van der Waals surface area (Å²) in [6.07, 6.45) is -3.61. The quantitative estimate of drug-likeness (QED) is 0.194. The van der Waals surface area contributed by atoms with Gasteiger partial charge in [0.05, 0.1) is 6.61 Å². The van der Waals surface area contributed by atoms with E-state index in [1.165, 1.54) is 27.4 Å². The van der Waals surface area contributed by atoms with Gasteiger partial charge in [-0.25, -0.2) is 13.2 Å². The van der Waals surface area contributed by atoms with Crippen LogP contribution in [0.5, 0.6) is 5.75 Å². The van der Waals surface area contributed by atoms with E-state index < -0.39 is 46.0 Å². The number of carbonyl (C=O) groups excluding carboxylic acids is 2. The molecule has 4 rings (SSSR count). The van der Waals surface area contributed by atoms with Crippen molar-refractivity contribution >= 4 is 59.1 Å². The van der Waals surface area contributed by atoms with Crippen molar-refractivity contribution in [3.8, 4) is 5.75 Å². The number of aryl methyl sites for hydroxylation is 2. The molecule has 282 valence electrons. The van der Waals surface area contributed by atoms with E-state index in [0.717, 1.165) is 28.7 Å². The fraction of sp³-hybridized carbons (Fsp3) is 0.500. The Morgan fingerprint density at radius 2 is 1.71 bits per heavy atom. The van der Waals surface area contributed by atoms with Crippen molar-refractivity contribution < 1.29 is 49.5 Å². The molecule has 4 radical (unpaired) electrons. The third-order valence-electron chi connectivity index (χ3n) is 8.94. The Morgan fingerprint density at radius 3 is 2.29 bits per heavy atom. The number of benzene rings is 2. The van der Waals surface area contributed by atoms with E-state index in [2.05, 4.69) is 15.0 Å². The number of anilines is 1. The second-order valence-electron chi connectivity index (χ2n) is 13.1. The third kappa shape index (κ3) is 10.1. The minimum Gasteiger partial charge on any atom is -0.449 e. The number of halogens is 3. The predicted molar refractivity (Wildman–Crippen MR) is 193 cm³/mol. The van der Waals surface area contributed by atoms with E-state index in [1.54, 1.807) is 19.2 Å². The van der Waals surface area contributed by atoms with Gasteiger partial charge in [0, 0.05) is 42.2 Å². The summed E-state index contributed by atoms with van der Waals surface area (Å²) in [7, 11) is -1.76. The maximum absolute atomic E-state index is 13.4. The molecule has 1 N–H and O–H groups in total. The molecule has 0 aromatic heterocycles. The van der Waals surface area contributed by atoms with Crippen LogP contribution in [0.15, 0.2) is 46.8 Å². The number of amides is 2. The van der Waals surface area contributed by atoms with Gasteiger partial charge in [0.1, 0.15) is 23.4 Å². The van der Waals surface area contributed by atoms with Crippen molar-refractivity contribution in [2.75, 3.05) is 31.6 Å². The van der Waals surface area contributed by atoms with Gasteiger partial charge in [0.15, 0.2) is 0 Å². The van der Waals surface area contributed by atoms with Crippen LogP contribution in [0.1, 0.15) is 55.4 Å². The molecule has 2 heterocycles. The standard InChI is InChI=1S/C34H43F3N4O8SSi2/c1-22-19-25(40(5)31(43)46-17-14-32(3,4)30(48-51-6)49-52-7)20-23(2)27(22)11-18-50(44,45)41-15-12-33(13-16-41)29(42)38-28(39-33)24-9-8-10-26(21-24)47-34(35,36)37/h8-11,18-21,30H,12-17H2,1-7H3,(H,38,39,42). The SMILES string of the molecule is C[Si]OC(O[Si]C)C(C)(C)CCOC(=O)N(C)c1cc(C)c(C=CS(=O)(=O)N2CCC3(CC2)N=C(c2cccc(OC(F)(F)F)c2)NC3=O)c(C)c1. The van der Waals surface area contributed by atoms with Crippen molar-refractivity contribution in [2.45, 2.75) is 78.2 Å². The maximum atomic E-state index is 13.4. The summed E-state index contributed by atoms with van der Waals surface area (Å²) in [6.45, 7) is 11.7. The zero-order chi connectivity index (χ0) is 38.5. The summed E-state index contributed by atoms with van der Waals surface area (Å²) in [4.78, 5) is 31.8. The van der Waals surface area contributed by atoms with Gasteiger partial charge in [-0.3, -0.25) is 14.7 Å². The Bertz CT molecular complexity index is 1770. The molecule has 2 aliphatic heterocycles. The van der Waals surface area contributed by atoms with Gasteiger partial charge in [-0.2, -0.15) is 4.31 Å². The van der Waals surface area contributed by atoms with Crippen LogP contribution in [0.3, 0.4) is 0 Å². The number of hydrogen-bond acceptors (Lipinski definition) is 9. The van der Waals surface area contributed by atoms with Gasteiger partial charge in [0.2, 0.25) is 29.5 Å². The normalized spacial score (nSPS) is 16.8. The van der Waals surface area contributed by atoms with E-state index in [9.17, 15) is 31.2 Å². The van der Waals surface area contributed by atoms with E-state index in [4.69, 9.17) is 13.6 Å². The number of aliphatic imine (C=N–C) groups is 1. The monoisotopic (exact) mass is 780 g/mol. The molecule has 0 unspecified atom stereocenters. The summed E-state index contributed by atoms with van der Waals surface area (Å²) in [5.74, 6) is -0.801. The Hall–Kier alpha value is -3.56. The van der Waals surface area contributed by atoms with Crippen molar-refractivity contribution in [2.24, 2.45) is 10.4 Å². The van der Waals surface area contributed by atoms with E-state index in [1.807, 2.05) is 40.8 Å². The van der Waals surface area contributed by atoms with Crippen LogP contribution >= 0.6 is 0 Å². The molecule has 18 heteroatoms. The first-order valence-corrected chi connectivity index (χ1v) is 20.7. The van der Waals surface area contributed by atoms with Crippen LogP contribution in [0.25, 0.3) is 6.08 Å². The van der Waals surface area contributed by atoms with Gasteiger partial charge in [0.25, 0.3) is 5.91 Å². The lowest BCUT2D eigenvalue weighted by Crippen LogP contribution is -2.50. The third-order valence-corrected chi connectivity index (χ3v) is 11.4. The average Bonchev–Trinajstić information content (AvgIpc) is 3.37. The van der Waals surface area contributed by atoms with Crippen LogP contribution < -0.4 is 15.0 Å². The summed E-state index contributed by atoms with van der Waals surface area (Å²) < 4.78 is 87.2. The highest BCUT2D eigenvalue weighted by Gasteiger charge is 2.47. The van der Waals surface area contributed by atoms with Crippen LogP contribution in [0, 0.1) is 19.3 Å². The predicted octanol–water partition coefficient (Wildman–Crippen LogP) is 5.60. The van der Waals surface area contributed by atoms with E-state index >= 15 is 0 Å². The number of hydrogen-bond donors (Lipinski definition) is 1. The Labute approximate surface area is 307 Å². The van der Waals surface area contributed by atoms with Gasteiger partial charge in [-0.1, -0.05) is 26.0 Å². The van der Waals surface area contributed by atoms with Crippen LogP contribution in [-0.4, -0.2) is 95.0 Å². The molecule has 0 saturated carbocycles. The number of ether oxygens (including phenoxy) is 2. The molecule has 12 nitrogen and oxygen atoms in total. The summed E-state index contributed by atoms with van der Waals surface area (Å²) in [5, 5.41) is 3.75. The lowest BCUT2D eigenvalue weighted by atomic mass is 9.89. The minimum atomic E-state index is -4.88. The lowest BCUT2D eigenvalue weighted by molar-refractivity contribution is -0.274. The fourth-order valence-corrected chi connectivity index (χ4v) is 8.30. The zero-order valence-electron chi connectivity index (χ0n) is 30.1. The topological polar surface area (TPSA) is 136 Å². The first-order chi connectivity index (χ1) is 24.3. The lowest BCUT2D eigenvalue weighted by Gasteiger charge is -2.34. The molecule has 0 aliphatic carbocycles. The second kappa shape index (κ2) is 16.6. The minimum absolute atomic E-state index is 0.00763. The highest BCUT2D eigenvalue weighted by Crippen LogP contribution is 2.34.